The number of methoxy groups -OCH3 is 1. The molecular formula is C19H26ClNO9. The van der Waals surface area contributed by atoms with Gasteiger partial charge in [0, 0.05) is 12.1 Å². The minimum Gasteiger partial charge on any atom is -0.490 e. The topological polar surface area (TPSA) is 119 Å². The summed E-state index contributed by atoms with van der Waals surface area (Å²) in [5.41, 5.74) is -0.265. The van der Waals surface area contributed by atoms with Crippen molar-refractivity contribution in [3.8, 4) is 11.5 Å². The Hall–Kier alpha value is -1.69. The van der Waals surface area contributed by atoms with Crippen molar-refractivity contribution in [1.29, 1.82) is 0 Å². The Balaban J connectivity index is 1.79. The Labute approximate surface area is 179 Å². The van der Waals surface area contributed by atoms with Gasteiger partial charge in [0.15, 0.2) is 11.6 Å². The molecule has 30 heavy (non-hydrogen) atoms. The third kappa shape index (κ3) is 4.79. The predicted molar refractivity (Wildman–Crippen MR) is 105 cm³/mol. The van der Waals surface area contributed by atoms with Crippen LogP contribution in [0.25, 0.3) is 0 Å². The van der Waals surface area contributed by atoms with E-state index >= 15 is 0 Å². The number of hydrogen-bond donors (Lipinski definition) is 1. The minimum absolute atomic E-state index is 0.0211. The lowest BCUT2D eigenvalue weighted by molar-refractivity contribution is -0.385. The van der Waals surface area contributed by atoms with Gasteiger partial charge < -0.3 is 33.5 Å². The second-order valence-corrected chi connectivity index (χ2v) is 8.39. The van der Waals surface area contributed by atoms with E-state index in [4.69, 9.17) is 40.0 Å². The molecule has 0 aliphatic carbocycles. The molecule has 0 aromatic heterocycles. The molecule has 11 heteroatoms. The van der Waals surface area contributed by atoms with Crippen LogP contribution in [0.2, 0.25) is 5.02 Å². The number of hydrogen-bond acceptors (Lipinski definition) is 9. The highest BCUT2D eigenvalue weighted by atomic mass is 35.5. The predicted octanol–water partition coefficient (Wildman–Crippen LogP) is 2.67. The number of aliphatic hydroxyl groups is 1. The van der Waals surface area contributed by atoms with Crippen LogP contribution in [0.15, 0.2) is 12.1 Å². The third-order valence-corrected chi connectivity index (χ3v) is 5.08. The molecule has 0 spiro atoms. The van der Waals surface area contributed by atoms with E-state index in [2.05, 4.69) is 0 Å². The van der Waals surface area contributed by atoms with Crippen LogP contribution in [-0.2, 0) is 18.9 Å². The van der Waals surface area contributed by atoms with Crippen LogP contribution in [0.5, 0.6) is 11.5 Å². The van der Waals surface area contributed by atoms with E-state index in [0.29, 0.717) is 0 Å². The molecule has 168 valence electrons. The number of halogens is 1. The molecule has 3 rings (SSSR count). The van der Waals surface area contributed by atoms with Crippen molar-refractivity contribution in [3.05, 3.63) is 27.3 Å². The first-order valence-electron chi connectivity index (χ1n) is 9.43. The van der Waals surface area contributed by atoms with Crippen molar-refractivity contribution in [1.82, 2.24) is 0 Å². The van der Waals surface area contributed by atoms with Gasteiger partial charge in [0.2, 0.25) is 5.75 Å². The second-order valence-electron chi connectivity index (χ2n) is 7.98. The minimum atomic E-state index is -0.911. The Bertz CT molecular complexity index is 800. The summed E-state index contributed by atoms with van der Waals surface area (Å²) in [4.78, 5) is 10.5. The van der Waals surface area contributed by atoms with Gasteiger partial charge in [-0.25, -0.2) is 0 Å². The lowest BCUT2D eigenvalue weighted by atomic mass is 10.0. The fourth-order valence-corrected chi connectivity index (χ4v) is 3.88. The number of benzene rings is 1. The maximum absolute atomic E-state index is 11.1. The summed E-state index contributed by atoms with van der Waals surface area (Å²) in [6.45, 7) is 6.81. The fourth-order valence-electron chi connectivity index (χ4n) is 3.67. The smallest absolute Gasteiger partial charge is 0.312 e. The first kappa shape index (κ1) is 23.0. The van der Waals surface area contributed by atoms with Gasteiger partial charge in [0.05, 0.1) is 23.7 Å². The Morgan fingerprint density at radius 1 is 1.07 bits per heavy atom. The monoisotopic (exact) mass is 447 g/mol. The Morgan fingerprint density at radius 3 is 2.17 bits per heavy atom. The zero-order valence-corrected chi connectivity index (χ0v) is 18.2. The van der Waals surface area contributed by atoms with Crippen LogP contribution < -0.4 is 9.47 Å². The standard InChI is InChI=1S/C19H26ClNO9/c1-18(2)27-14(8-22)16(29-18)17-15(28-19(3,4)30-17)9-26-12-7-13(25-5)11(21(23)24)6-10(12)20/h6-7,14-17,22H,8-9H2,1-5H3/t14-,15-,16+,17+/m0/s1. The summed E-state index contributed by atoms with van der Waals surface area (Å²) >= 11 is 6.16. The summed E-state index contributed by atoms with van der Waals surface area (Å²) in [7, 11) is 1.32. The van der Waals surface area contributed by atoms with Gasteiger partial charge in [0.1, 0.15) is 36.8 Å². The number of nitrogens with zero attached hydrogens (tertiary/aromatic N) is 1. The molecule has 0 radical (unpaired) electrons. The van der Waals surface area contributed by atoms with E-state index < -0.39 is 40.9 Å². The fraction of sp³-hybridized carbons (Fsp3) is 0.684. The van der Waals surface area contributed by atoms with E-state index in [1.807, 2.05) is 0 Å². The maximum Gasteiger partial charge on any atom is 0.312 e. The number of nitro groups is 1. The van der Waals surface area contributed by atoms with Crippen LogP contribution in [0.1, 0.15) is 27.7 Å². The van der Waals surface area contributed by atoms with Gasteiger partial charge in [-0.05, 0) is 27.7 Å². The molecule has 10 nitrogen and oxygen atoms in total. The summed E-state index contributed by atoms with van der Waals surface area (Å²) < 4.78 is 34.5. The highest BCUT2D eigenvalue weighted by Crippen LogP contribution is 2.40. The number of nitro benzene ring substituents is 1. The van der Waals surface area contributed by atoms with Gasteiger partial charge in [-0.3, -0.25) is 10.1 Å². The molecule has 0 amide bonds. The number of rotatable bonds is 7. The molecule has 1 aromatic carbocycles. The van der Waals surface area contributed by atoms with Gasteiger partial charge in [-0.1, -0.05) is 11.6 Å². The lowest BCUT2D eigenvalue weighted by Crippen LogP contribution is -2.45. The van der Waals surface area contributed by atoms with Gasteiger partial charge in [-0.2, -0.15) is 0 Å². The van der Waals surface area contributed by atoms with Gasteiger partial charge in [0.25, 0.3) is 0 Å². The molecule has 0 bridgehead atoms. The molecule has 2 aliphatic heterocycles. The molecule has 4 atom stereocenters. The zero-order valence-electron chi connectivity index (χ0n) is 17.4. The van der Waals surface area contributed by atoms with E-state index in [0.717, 1.165) is 0 Å². The van der Waals surface area contributed by atoms with E-state index in [9.17, 15) is 15.2 Å². The van der Waals surface area contributed by atoms with Crippen LogP contribution in [0.3, 0.4) is 0 Å². The van der Waals surface area contributed by atoms with E-state index in [1.54, 1.807) is 27.7 Å². The van der Waals surface area contributed by atoms with E-state index in [-0.39, 0.29) is 35.4 Å². The van der Waals surface area contributed by atoms with Crippen molar-refractivity contribution in [3.63, 3.8) is 0 Å². The van der Waals surface area contributed by atoms with Crippen molar-refractivity contribution < 1.29 is 38.5 Å². The summed E-state index contributed by atoms with van der Waals surface area (Å²) in [5.74, 6) is -1.57. The summed E-state index contributed by atoms with van der Waals surface area (Å²) in [6.07, 6.45) is -2.33. The molecule has 1 aromatic rings. The van der Waals surface area contributed by atoms with Gasteiger partial charge in [-0.15, -0.1) is 0 Å². The van der Waals surface area contributed by atoms with Crippen LogP contribution in [-0.4, -0.2) is 66.3 Å². The highest BCUT2D eigenvalue weighted by Gasteiger charge is 2.53. The first-order valence-corrected chi connectivity index (χ1v) is 9.81. The van der Waals surface area contributed by atoms with Crippen LogP contribution >= 0.6 is 11.6 Å². The maximum atomic E-state index is 11.1. The molecule has 0 unspecified atom stereocenters. The van der Waals surface area contributed by atoms with Crippen molar-refractivity contribution >= 4 is 17.3 Å². The highest BCUT2D eigenvalue weighted by molar-refractivity contribution is 6.32. The molecule has 0 saturated carbocycles. The average Bonchev–Trinajstić information content (AvgIpc) is 3.14. The first-order chi connectivity index (χ1) is 14.0. The third-order valence-electron chi connectivity index (χ3n) is 4.78. The largest absolute Gasteiger partial charge is 0.490 e. The van der Waals surface area contributed by atoms with Crippen molar-refractivity contribution in [2.45, 2.75) is 63.7 Å². The molecule has 2 aliphatic rings. The summed E-state index contributed by atoms with van der Waals surface area (Å²) in [5, 5.41) is 20.9. The normalized spacial score (nSPS) is 29.7. The molecule has 1 N–H and O–H groups in total. The average molecular weight is 448 g/mol. The second kappa shape index (κ2) is 8.45. The number of aliphatic hydroxyl groups excluding tert-OH is 1. The number of ether oxygens (including phenoxy) is 6. The van der Waals surface area contributed by atoms with Crippen LogP contribution in [0, 0.1) is 10.1 Å². The van der Waals surface area contributed by atoms with Crippen LogP contribution in [0.4, 0.5) is 5.69 Å². The lowest BCUT2D eigenvalue weighted by Gasteiger charge is -2.25. The van der Waals surface area contributed by atoms with Crippen molar-refractivity contribution in [2.24, 2.45) is 0 Å². The summed E-state index contributed by atoms with van der Waals surface area (Å²) in [6, 6.07) is 2.52. The Morgan fingerprint density at radius 2 is 1.63 bits per heavy atom. The molecule has 2 fully saturated rings. The van der Waals surface area contributed by atoms with Gasteiger partial charge >= 0.3 is 5.69 Å². The quantitative estimate of drug-likeness (QED) is 0.496. The molecular weight excluding hydrogens is 422 g/mol. The SMILES string of the molecule is COc1cc(OC[C@@H]2OC(C)(C)O[C@H]2[C@@H]2OC(C)(C)O[C@H]2CO)c(Cl)cc1[N+](=O)[O-]. The molecule has 2 heterocycles. The zero-order chi connectivity index (χ0) is 22.3. The Kier molecular flexibility index (Phi) is 6.47. The van der Waals surface area contributed by atoms with Crippen molar-refractivity contribution in [2.75, 3.05) is 20.3 Å². The molecule has 2 saturated heterocycles. The van der Waals surface area contributed by atoms with E-state index in [1.165, 1.54) is 19.2 Å².